The molecule has 6 nitrogen and oxygen atoms in total. The Kier molecular flexibility index (Phi) is 5.10. The fraction of sp³-hybridized carbons (Fsp3) is 1.00. The van der Waals surface area contributed by atoms with Crippen molar-refractivity contribution < 1.29 is 29.9 Å². The molecule has 4 N–H and O–H groups in total. The monoisotopic (exact) mass is 236 g/mol. The molecule has 1 rings (SSSR count). The van der Waals surface area contributed by atoms with E-state index in [-0.39, 0.29) is 13.2 Å². The molecule has 1 saturated carbocycles. The topological polar surface area (TPSA) is 99.4 Å². The maximum atomic E-state index is 9.73. The summed E-state index contributed by atoms with van der Waals surface area (Å²) in [5, 5.41) is 38.9. The van der Waals surface area contributed by atoms with Crippen molar-refractivity contribution in [2.24, 2.45) is 0 Å². The minimum atomic E-state index is -1.27. The summed E-state index contributed by atoms with van der Waals surface area (Å²) in [6, 6.07) is 0. The molecule has 0 saturated heterocycles. The Morgan fingerprint density at radius 1 is 0.688 bits per heavy atom. The summed E-state index contributed by atoms with van der Waals surface area (Å²) in [7, 11) is 0. The molecule has 0 spiro atoms. The van der Waals surface area contributed by atoms with Gasteiger partial charge in [-0.25, -0.2) is 0 Å². The van der Waals surface area contributed by atoms with Gasteiger partial charge >= 0.3 is 0 Å². The lowest BCUT2D eigenvalue weighted by molar-refractivity contribution is -0.244. The normalized spacial score (nSPS) is 44.6. The predicted octanol–water partition coefficient (Wildman–Crippen LogP) is -1.75. The van der Waals surface area contributed by atoms with E-state index in [4.69, 9.17) is 9.47 Å². The second-order valence-electron chi connectivity index (χ2n) is 3.80. The van der Waals surface area contributed by atoms with Crippen LogP contribution >= 0.6 is 0 Å². The molecule has 1 fully saturated rings. The average Bonchev–Trinajstić information content (AvgIpc) is 2.28. The Hall–Kier alpha value is -0.240. The van der Waals surface area contributed by atoms with Crippen molar-refractivity contribution in [2.75, 3.05) is 13.2 Å². The van der Waals surface area contributed by atoms with Crippen LogP contribution in [0.25, 0.3) is 0 Å². The Balaban J connectivity index is 2.77. The highest BCUT2D eigenvalue weighted by molar-refractivity contribution is 5.00. The van der Waals surface area contributed by atoms with Crippen molar-refractivity contribution in [2.45, 2.75) is 50.5 Å². The standard InChI is InChI=1S/C10H20O6/c1-3-15-9-5(11)7(13)10(16-4-2)8(14)6(9)12/h5-14H,3-4H2,1-2H3/t5-,6+,7-,8+,9?,10?. The van der Waals surface area contributed by atoms with Crippen molar-refractivity contribution in [3.63, 3.8) is 0 Å². The fourth-order valence-electron chi connectivity index (χ4n) is 1.96. The number of aliphatic hydroxyl groups is 4. The third-order valence-electron chi connectivity index (χ3n) is 2.76. The van der Waals surface area contributed by atoms with E-state index in [1.807, 2.05) is 0 Å². The number of hydrogen-bond acceptors (Lipinski definition) is 6. The van der Waals surface area contributed by atoms with E-state index in [0.717, 1.165) is 0 Å². The summed E-state index contributed by atoms with van der Waals surface area (Å²) in [4.78, 5) is 0. The van der Waals surface area contributed by atoms with E-state index in [9.17, 15) is 20.4 Å². The molecular weight excluding hydrogens is 216 g/mol. The van der Waals surface area contributed by atoms with Crippen molar-refractivity contribution >= 4 is 0 Å². The van der Waals surface area contributed by atoms with Crippen LogP contribution in [-0.2, 0) is 9.47 Å². The molecule has 0 aromatic carbocycles. The lowest BCUT2D eigenvalue weighted by Crippen LogP contribution is -2.65. The van der Waals surface area contributed by atoms with Crippen LogP contribution in [0.15, 0.2) is 0 Å². The molecule has 2 unspecified atom stereocenters. The average molecular weight is 236 g/mol. The van der Waals surface area contributed by atoms with Crippen LogP contribution in [0.4, 0.5) is 0 Å². The highest BCUT2D eigenvalue weighted by Crippen LogP contribution is 2.25. The summed E-state index contributed by atoms with van der Waals surface area (Å²) in [6.07, 6.45) is -7.06. The van der Waals surface area contributed by atoms with Gasteiger partial charge in [0, 0.05) is 13.2 Å². The first-order valence-electron chi connectivity index (χ1n) is 5.50. The SMILES string of the molecule is CCOC1[C@@H](O)[C@H](O)C(OCC)[C@H](O)[C@H]1O. The Morgan fingerprint density at radius 2 is 0.938 bits per heavy atom. The first-order chi connectivity index (χ1) is 7.54. The van der Waals surface area contributed by atoms with Gasteiger partial charge in [0.25, 0.3) is 0 Å². The molecule has 0 bridgehead atoms. The van der Waals surface area contributed by atoms with Crippen molar-refractivity contribution in [3.8, 4) is 0 Å². The molecule has 1 aliphatic rings. The first kappa shape index (κ1) is 13.8. The summed E-state index contributed by atoms with van der Waals surface area (Å²) < 4.78 is 10.2. The molecule has 96 valence electrons. The molecule has 0 radical (unpaired) electrons. The van der Waals surface area contributed by atoms with E-state index < -0.39 is 36.6 Å². The summed E-state index contributed by atoms with van der Waals surface area (Å²) >= 11 is 0. The van der Waals surface area contributed by atoms with Gasteiger partial charge in [0.2, 0.25) is 0 Å². The minimum Gasteiger partial charge on any atom is -0.387 e. The van der Waals surface area contributed by atoms with Gasteiger partial charge in [0.15, 0.2) is 0 Å². The van der Waals surface area contributed by atoms with E-state index in [2.05, 4.69) is 0 Å². The second-order valence-corrected chi connectivity index (χ2v) is 3.80. The van der Waals surface area contributed by atoms with Crippen LogP contribution in [-0.4, -0.2) is 70.3 Å². The number of rotatable bonds is 4. The van der Waals surface area contributed by atoms with E-state index in [1.165, 1.54) is 0 Å². The molecule has 6 heteroatoms. The number of ether oxygens (including phenoxy) is 2. The molecule has 0 amide bonds. The molecular formula is C10H20O6. The maximum Gasteiger partial charge on any atom is 0.114 e. The highest BCUT2D eigenvalue weighted by atomic mass is 16.5. The van der Waals surface area contributed by atoms with Gasteiger partial charge in [0.05, 0.1) is 0 Å². The number of hydrogen-bond donors (Lipinski definition) is 4. The number of aliphatic hydroxyl groups excluding tert-OH is 4. The van der Waals surface area contributed by atoms with Crippen LogP contribution < -0.4 is 0 Å². The van der Waals surface area contributed by atoms with Crippen LogP contribution in [0, 0.1) is 0 Å². The molecule has 1 aliphatic carbocycles. The van der Waals surface area contributed by atoms with Crippen molar-refractivity contribution in [3.05, 3.63) is 0 Å². The quantitative estimate of drug-likeness (QED) is 0.462. The van der Waals surface area contributed by atoms with E-state index in [1.54, 1.807) is 13.8 Å². The largest absolute Gasteiger partial charge is 0.387 e. The third kappa shape index (κ3) is 2.53. The Morgan fingerprint density at radius 3 is 1.12 bits per heavy atom. The highest BCUT2D eigenvalue weighted by Gasteiger charge is 2.49. The van der Waals surface area contributed by atoms with Gasteiger partial charge in [-0.1, -0.05) is 0 Å². The van der Waals surface area contributed by atoms with Crippen molar-refractivity contribution in [1.82, 2.24) is 0 Å². The molecule has 6 atom stereocenters. The fourth-order valence-corrected chi connectivity index (χ4v) is 1.96. The summed E-state index contributed by atoms with van der Waals surface area (Å²) in [5.41, 5.74) is 0. The van der Waals surface area contributed by atoms with Crippen LogP contribution in [0.3, 0.4) is 0 Å². The predicted molar refractivity (Wildman–Crippen MR) is 54.9 cm³/mol. The summed E-state index contributed by atoms with van der Waals surface area (Å²) in [6.45, 7) is 3.95. The summed E-state index contributed by atoms with van der Waals surface area (Å²) in [5.74, 6) is 0. The van der Waals surface area contributed by atoms with Crippen molar-refractivity contribution in [1.29, 1.82) is 0 Å². The van der Waals surface area contributed by atoms with Gasteiger partial charge in [-0.3, -0.25) is 0 Å². The zero-order valence-corrected chi connectivity index (χ0v) is 9.48. The van der Waals surface area contributed by atoms with Gasteiger partial charge in [0.1, 0.15) is 36.6 Å². The Labute approximate surface area is 94.4 Å². The third-order valence-corrected chi connectivity index (χ3v) is 2.76. The zero-order valence-electron chi connectivity index (χ0n) is 9.48. The smallest absolute Gasteiger partial charge is 0.114 e. The van der Waals surface area contributed by atoms with Gasteiger partial charge in [-0.2, -0.15) is 0 Å². The van der Waals surface area contributed by atoms with Gasteiger partial charge < -0.3 is 29.9 Å². The molecule has 16 heavy (non-hydrogen) atoms. The molecule has 0 aromatic rings. The second kappa shape index (κ2) is 5.90. The lowest BCUT2D eigenvalue weighted by Gasteiger charge is -2.43. The lowest BCUT2D eigenvalue weighted by atomic mass is 9.84. The van der Waals surface area contributed by atoms with Gasteiger partial charge in [-0.05, 0) is 13.8 Å². The molecule has 0 aromatic heterocycles. The van der Waals surface area contributed by atoms with Gasteiger partial charge in [-0.15, -0.1) is 0 Å². The van der Waals surface area contributed by atoms with Crippen LogP contribution in [0.1, 0.15) is 13.8 Å². The zero-order chi connectivity index (χ0) is 12.3. The minimum absolute atomic E-state index is 0.275. The maximum absolute atomic E-state index is 9.73. The van der Waals surface area contributed by atoms with Crippen LogP contribution in [0.2, 0.25) is 0 Å². The molecule has 0 aliphatic heterocycles. The van der Waals surface area contributed by atoms with E-state index in [0.29, 0.717) is 0 Å². The first-order valence-corrected chi connectivity index (χ1v) is 5.50. The van der Waals surface area contributed by atoms with Crippen LogP contribution in [0.5, 0.6) is 0 Å². The molecule has 0 heterocycles. The Bertz CT molecular complexity index is 173. The van der Waals surface area contributed by atoms with E-state index >= 15 is 0 Å².